The molecule has 90 valence electrons. The molecule has 1 unspecified atom stereocenters. The van der Waals surface area contributed by atoms with Crippen LogP contribution in [0, 0.1) is 11.6 Å². The van der Waals surface area contributed by atoms with E-state index < -0.39 is 17.0 Å². The summed E-state index contributed by atoms with van der Waals surface area (Å²) in [7, 11) is 0. The largest absolute Gasteiger partial charge is 0.207 e. The van der Waals surface area contributed by atoms with Gasteiger partial charge in [0.15, 0.2) is 0 Å². The normalized spacial score (nSPS) is 12.7. The Morgan fingerprint density at radius 2 is 1.82 bits per heavy atom. The molecular weight excluding hydrogens is 330 g/mol. The first-order chi connectivity index (χ1) is 8.08. The summed E-state index contributed by atoms with van der Waals surface area (Å²) in [6, 6.07) is 7.55. The molecule has 2 rings (SSSR count). The van der Waals surface area contributed by atoms with Crippen molar-refractivity contribution in [3.63, 3.8) is 0 Å². The van der Waals surface area contributed by atoms with Crippen LogP contribution in [0.15, 0.2) is 34.1 Å². The molecule has 0 spiro atoms. The Labute approximate surface area is 115 Å². The van der Waals surface area contributed by atoms with Crippen LogP contribution in [-0.2, 0) is 6.42 Å². The van der Waals surface area contributed by atoms with Crippen molar-refractivity contribution in [3.8, 4) is 0 Å². The molecule has 0 radical (unpaired) electrons. The van der Waals surface area contributed by atoms with E-state index in [0.717, 1.165) is 8.66 Å². The third-order valence-electron chi connectivity index (χ3n) is 2.35. The van der Waals surface area contributed by atoms with Gasteiger partial charge in [-0.3, -0.25) is 0 Å². The molecule has 2 aromatic rings. The van der Waals surface area contributed by atoms with E-state index in [-0.39, 0.29) is 12.0 Å². The van der Waals surface area contributed by atoms with Crippen molar-refractivity contribution in [2.75, 3.05) is 0 Å². The molecule has 1 aromatic carbocycles. The molecule has 0 aliphatic carbocycles. The predicted molar refractivity (Wildman–Crippen MR) is 70.7 cm³/mol. The summed E-state index contributed by atoms with van der Waals surface area (Å²) in [6.07, 6.45) is 0.146. The number of alkyl halides is 1. The van der Waals surface area contributed by atoms with Gasteiger partial charge in [-0.25, -0.2) is 8.78 Å². The summed E-state index contributed by atoms with van der Waals surface area (Å²) < 4.78 is 27.8. The van der Waals surface area contributed by atoms with Crippen molar-refractivity contribution in [2.45, 2.75) is 11.8 Å². The van der Waals surface area contributed by atoms with Gasteiger partial charge in [-0.1, -0.05) is 6.07 Å². The first-order valence-corrected chi connectivity index (χ1v) is 6.94. The van der Waals surface area contributed by atoms with Gasteiger partial charge in [0.2, 0.25) is 0 Å². The third-order valence-corrected chi connectivity index (χ3v) is 4.60. The van der Waals surface area contributed by atoms with Crippen molar-refractivity contribution >= 4 is 38.9 Å². The number of rotatable bonds is 3. The average Bonchev–Trinajstić information content (AvgIpc) is 2.70. The molecule has 0 amide bonds. The maximum Gasteiger partial charge on any atom is 0.129 e. The second-order valence-corrected chi connectivity index (χ2v) is 6.54. The van der Waals surface area contributed by atoms with E-state index in [9.17, 15) is 8.78 Å². The van der Waals surface area contributed by atoms with Gasteiger partial charge in [0.25, 0.3) is 0 Å². The van der Waals surface area contributed by atoms with Gasteiger partial charge in [-0.15, -0.1) is 22.9 Å². The molecular formula is C12H8BrClF2S. The first-order valence-electron chi connectivity index (χ1n) is 4.90. The topological polar surface area (TPSA) is 0 Å². The summed E-state index contributed by atoms with van der Waals surface area (Å²) in [5.41, 5.74) is 0.0389. The Hall–Kier alpha value is -0.450. The maximum absolute atomic E-state index is 13.4. The molecule has 0 saturated heterocycles. The Kier molecular flexibility index (Phi) is 4.17. The molecule has 1 atom stereocenters. The zero-order valence-electron chi connectivity index (χ0n) is 8.59. The van der Waals surface area contributed by atoms with E-state index in [1.54, 1.807) is 0 Å². The van der Waals surface area contributed by atoms with Gasteiger partial charge < -0.3 is 0 Å². The minimum absolute atomic E-state index is 0.0389. The van der Waals surface area contributed by atoms with Gasteiger partial charge >= 0.3 is 0 Å². The average molecular weight is 338 g/mol. The standard InChI is InChI=1S/C12H8BrClF2S/c13-12-5-4-11(17-12)8(14)6-7-9(15)2-1-3-10(7)16/h1-5,8H,6H2. The monoisotopic (exact) mass is 336 g/mol. The van der Waals surface area contributed by atoms with E-state index in [2.05, 4.69) is 15.9 Å². The van der Waals surface area contributed by atoms with E-state index in [1.165, 1.54) is 29.5 Å². The number of hydrogen-bond donors (Lipinski definition) is 0. The second kappa shape index (κ2) is 5.46. The van der Waals surface area contributed by atoms with Crippen LogP contribution in [0.4, 0.5) is 8.78 Å². The van der Waals surface area contributed by atoms with E-state index in [0.29, 0.717) is 0 Å². The van der Waals surface area contributed by atoms with Gasteiger partial charge in [-0.2, -0.15) is 0 Å². The molecule has 1 aromatic heterocycles. The summed E-state index contributed by atoms with van der Waals surface area (Å²) in [5, 5.41) is -0.419. The van der Waals surface area contributed by atoms with Crippen LogP contribution in [0.2, 0.25) is 0 Å². The predicted octanol–water partition coefficient (Wildman–Crippen LogP) is 5.31. The van der Waals surface area contributed by atoms with Crippen LogP contribution in [0.3, 0.4) is 0 Å². The molecule has 1 heterocycles. The highest BCUT2D eigenvalue weighted by atomic mass is 79.9. The third kappa shape index (κ3) is 3.06. The zero-order chi connectivity index (χ0) is 12.4. The summed E-state index contributed by atoms with van der Waals surface area (Å²) in [5.74, 6) is -1.10. The summed E-state index contributed by atoms with van der Waals surface area (Å²) >= 11 is 10.9. The smallest absolute Gasteiger partial charge is 0.129 e. The van der Waals surface area contributed by atoms with Crippen LogP contribution in [-0.4, -0.2) is 0 Å². The molecule has 0 fully saturated rings. The Morgan fingerprint density at radius 1 is 1.18 bits per heavy atom. The number of thiophene rings is 1. The van der Waals surface area contributed by atoms with Crippen LogP contribution in [0.5, 0.6) is 0 Å². The highest BCUT2D eigenvalue weighted by molar-refractivity contribution is 9.11. The number of hydrogen-bond acceptors (Lipinski definition) is 1. The van der Waals surface area contributed by atoms with Crippen molar-refractivity contribution < 1.29 is 8.78 Å². The van der Waals surface area contributed by atoms with E-state index in [1.807, 2.05) is 12.1 Å². The van der Waals surface area contributed by atoms with Crippen LogP contribution < -0.4 is 0 Å². The minimum atomic E-state index is -0.550. The van der Waals surface area contributed by atoms with E-state index >= 15 is 0 Å². The summed E-state index contributed by atoms with van der Waals surface area (Å²) in [6.45, 7) is 0. The fourth-order valence-corrected chi connectivity index (χ4v) is 3.27. The SMILES string of the molecule is Fc1cccc(F)c1CC(Cl)c1ccc(Br)s1. The molecule has 5 heteroatoms. The van der Waals surface area contributed by atoms with Crippen LogP contribution in [0.1, 0.15) is 15.8 Å². The lowest BCUT2D eigenvalue weighted by Crippen LogP contribution is -2.00. The fourth-order valence-electron chi connectivity index (χ4n) is 1.50. The van der Waals surface area contributed by atoms with Gasteiger partial charge in [0.05, 0.1) is 9.16 Å². The molecule has 0 N–H and O–H groups in total. The van der Waals surface area contributed by atoms with E-state index in [4.69, 9.17) is 11.6 Å². The lowest BCUT2D eigenvalue weighted by Gasteiger charge is -2.09. The molecule has 0 nitrogen and oxygen atoms in total. The molecule has 0 aliphatic rings. The van der Waals surface area contributed by atoms with Crippen molar-refractivity contribution in [1.29, 1.82) is 0 Å². The maximum atomic E-state index is 13.4. The second-order valence-electron chi connectivity index (χ2n) is 3.51. The lowest BCUT2D eigenvalue weighted by atomic mass is 10.1. The summed E-state index contributed by atoms with van der Waals surface area (Å²) in [4.78, 5) is 0.890. The van der Waals surface area contributed by atoms with Gasteiger partial charge in [0, 0.05) is 10.4 Å². The van der Waals surface area contributed by atoms with Crippen LogP contribution in [0.25, 0.3) is 0 Å². The lowest BCUT2D eigenvalue weighted by molar-refractivity contribution is 0.553. The quantitative estimate of drug-likeness (QED) is 0.666. The number of halogens is 4. The van der Waals surface area contributed by atoms with Crippen molar-refractivity contribution in [2.24, 2.45) is 0 Å². The van der Waals surface area contributed by atoms with Crippen molar-refractivity contribution in [3.05, 3.63) is 56.2 Å². The fraction of sp³-hybridized carbons (Fsp3) is 0.167. The molecule has 0 saturated carbocycles. The Morgan fingerprint density at radius 3 is 2.35 bits per heavy atom. The molecule has 0 bridgehead atoms. The Bertz CT molecular complexity index is 507. The van der Waals surface area contributed by atoms with Gasteiger partial charge in [-0.05, 0) is 46.6 Å². The highest BCUT2D eigenvalue weighted by Crippen LogP contribution is 2.34. The first kappa shape index (κ1) is 13.0. The Balaban J connectivity index is 2.21. The van der Waals surface area contributed by atoms with Crippen molar-refractivity contribution in [1.82, 2.24) is 0 Å². The molecule has 17 heavy (non-hydrogen) atoms. The molecule has 0 aliphatic heterocycles. The highest BCUT2D eigenvalue weighted by Gasteiger charge is 2.16. The number of benzene rings is 1. The van der Waals surface area contributed by atoms with Crippen LogP contribution >= 0.6 is 38.9 Å². The minimum Gasteiger partial charge on any atom is -0.207 e. The van der Waals surface area contributed by atoms with Gasteiger partial charge in [0.1, 0.15) is 11.6 Å². The zero-order valence-corrected chi connectivity index (χ0v) is 11.7.